The van der Waals surface area contributed by atoms with Gasteiger partial charge in [0, 0.05) is 6.42 Å². The minimum absolute atomic E-state index is 0. The molecule has 1 atom stereocenters. The van der Waals surface area contributed by atoms with Crippen molar-refractivity contribution in [3.05, 3.63) is 40.4 Å². The van der Waals surface area contributed by atoms with Crippen LogP contribution in [-0.4, -0.2) is 23.8 Å². The first kappa shape index (κ1) is 19.4. The van der Waals surface area contributed by atoms with Crippen LogP contribution in [0.1, 0.15) is 33.1 Å². The predicted octanol–water partition coefficient (Wildman–Crippen LogP) is 1.25. The standard InChI is InChI=1S/C16H20N3O3.W/c1-9(2)11-7-10(3-4-12(17)8-11)15(21)18-13-5-6-14(20)19-16(13)22;/h3-4,9,13H,5-6,8H2,1-2H3,(H4,17,18,19,20,21,22);/q-1;+2/p-1. The van der Waals surface area contributed by atoms with E-state index in [0.717, 1.165) is 5.57 Å². The summed E-state index contributed by atoms with van der Waals surface area (Å²) < 4.78 is 0. The third-order valence-corrected chi connectivity index (χ3v) is 3.56. The van der Waals surface area contributed by atoms with Crippen LogP contribution < -0.4 is 11.1 Å². The van der Waals surface area contributed by atoms with Gasteiger partial charge in [-0.05, 0) is 36.4 Å². The van der Waals surface area contributed by atoms with E-state index in [4.69, 9.17) is 5.73 Å². The Morgan fingerprint density at radius 1 is 1.39 bits per heavy atom. The van der Waals surface area contributed by atoms with Gasteiger partial charge < -0.3 is 15.8 Å². The third kappa shape index (κ3) is 5.17. The molecule has 0 aromatic rings. The van der Waals surface area contributed by atoms with Crippen LogP contribution in [0.2, 0.25) is 0 Å². The minimum atomic E-state index is -0.819. The molecule has 0 aromatic heterocycles. The number of hydrogen-bond donors (Lipinski definition) is 2. The van der Waals surface area contributed by atoms with Crippen LogP contribution in [-0.2, 0) is 35.4 Å². The molecule has 0 aromatic carbocycles. The number of amides is 3. The van der Waals surface area contributed by atoms with Gasteiger partial charge in [0.15, 0.2) is 0 Å². The maximum absolute atomic E-state index is 12.3. The van der Waals surface area contributed by atoms with Gasteiger partial charge in [-0.15, -0.1) is 5.57 Å². The van der Waals surface area contributed by atoms with Crippen molar-refractivity contribution in [2.24, 2.45) is 11.7 Å². The van der Waals surface area contributed by atoms with Gasteiger partial charge in [0.2, 0.25) is 11.8 Å². The number of carbonyl (C=O) groups is 3. The van der Waals surface area contributed by atoms with E-state index in [-0.39, 0.29) is 51.3 Å². The number of hydrogen-bond acceptors (Lipinski definition) is 4. The molecule has 3 N–H and O–H groups in total. The van der Waals surface area contributed by atoms with Gasteiger partial charge in [-0.25, -0.2) is 0 Å². The maximum atomic E-state index is 12.3. The second-order valence-corrected chi connectivity index (χ2v) is 5.70. The summed E-state index contributed by atoms with van der Waals surface area (Å²) >= 11 is 0. The molecule has 0 bridgehead atoms. The molecule has 6 nitrogen and oxygen atoms in total. The Morgan fingerprint density at radius 2 is 2.09 bits per heavy atom. The van der Waals surface area contributed by atoms with Crippen LogP contribution in [0.4, 0.5) is 0 Å². The average molecular weight is 485 g/mol. The fourth-order valence-electron chi connectivity index (χ4n) is 2.22. The van der Waals surface area contributed by atoms with Crippen molar-refractivity contribution in [1.82, 2.24) is 5.32 Å². The van der Waals surface area contributed by atoms with Crippen LogP contribution in [0.3, 0.4) is 0 Å². The van der Waals surface area contributed by atoms with Crippen LogP contribution in [0.5, 0.6) is 0 Å². The molecule has 0 radical (unpaired) electrons. The molecular formula is C16H19N3O3W. The Kier molecular flexibility index (Phi) is 6.95. The SMILES string of the molecule is CC(C)C1=[C-]C(C(=O)[N-]C2CCC(=O)NC2=O)=CC=C(N)C1.[W+2]. The molecule has 1 heterocycles. The molecule has 2 aliphatic rings. The van der Waals surface area contributed by atoms with E-state index in [1.54, 1.807) is 12.2 Å². The Labute approximate surface area is 149 Å². The molecule has 0 saturated carbocycles. The number of carbonyl (C=O) groups excluding carboxylic acids is 3. The Balaban J connectivity index is 0.00000264. The Hall–Kier alpha value is -1.68. The zero-order valence-electron chi connectivity index (χ0n) is 13.1. The molecule has 2 rings (SSSR count). The topological polar surface area (TPSA) is 103 Å². The number of nitrogens with one attached hydrogen (secondary N) is 1. The second-order valence-electron chi connectivity index (χ2n) is 5.70. The Morgan fingerprint density at radius 3 is 2.70 bits per heavy atom. The number of nitrogens with two attached hydrogens (primary N) is 1. The van der Waals surface area contributed by atoms with Crippen molar-refractivity contribution in [3.8, 4) is 0 Å². The largest absolute Gasteiger partial charge is 2.00 e. The summed E-state index contributed by atoms with van der Waals surface area (Å²) in [6.45, 7) is 4.00. The smallest absolute Gasteiger partial charge is 0.699 e. The average Bonchev–Trinajstić information content (AvgIpc) is 2.64. The maximum Gasteiger partial charge on any atom is 2.00 e. The van der Waals surface area contributed by atoms with Crippen molar-refractivity contribution >= 4 is 17.7 Å². The Bertz CT molecular complexity index is 606. The van der Waals surface area contributed by atoms with E-state index >= 15 is 0 Å². The van der Waals surface area contributed by atoms with E-state index in [9.17, 15) is 14.4 Å². The van der Waals surface area contributed by atoms with Gasteiger partial charge in [-0.2, -0.15) is 17.7 Å². The van der Waals surface area contributed by atoms with Crippen molar-refractivity contribution in [3.63, 3.8) is 0 Å². The molecule has 3 amide bonds. The summed E-state index contributed by atoms with van der Waals surface area (Å²) in [4.78, 5) is 35.0. The quantitative estimate of drug-likeness (QED) is 0.464. The first-order chi connectivity index (χ1) is 10.4. The van der Waals surface area contributed by atoms with Crippen LogP contribution in [0.25, 0.3) is 5.32 Å². The summed E-state index contributed by atoms with van der Waals surface area (Å²) in [6.07, 6.45) is 7.30. The van der Waals surface area contributed by atoms with Gasteiger partial charge in [-0.3, -0.25) is 14.9 Å². The summed E-state index contributed by atoms with van der Waals surface area (Å²) in [6, 6.07) is -0.819. The zero-order valence-corrected chi connectivity index (χ0v) is 16.0. The molecule has 1 unspecified atom stereocenters. The molecule has 1 saturated heterocycles. The molecule has 0 spiro atoms. The molecular weight excluding hydrogens is 466 g/mol. The van der Waals surface area contributed by atoms with E-state index in [1.807, 2.05) is 13.8 Å². The van der Waals surface area contributed by atoms with Gasteiger partial charge in [0.1, 0.15) is 0 Å². The van der Waals surface area contributed by atoms with E-state index in [2.05, 4.69) is 16.7 Å². The normalized spacial score (nSPS) is 21.3. The molecule has 23 heavy (non-hydrogen) atoms. The van der Waals surface area contributed by atoms with Gasteiger partial charge in [-0.1, -0.05) is 19.9 Å². The number of allylic oxidation sites excluding steroid dienone is 3. The summed E-state index contributed by atoms with van der Waals surface area (Å²) in [5.41, 5.74) is 7.72. The predicted molar refractivity (Wildman–Crippen MR) is 81.1 cm³/mol. The number of rotatable bonds is 3. The van der Waals surface area contributed by atoms with Gasteiger partial charge in [0.05, 0.1) is 0 Å². The van der Waals surface area contributed by atoms with E-state index in [0.29, 0.717) is 12.1 Å². The van der Waals surface area contributed by atoms with Crippen LogP contribution in [0.15, 0.2) is 29.0 Å². The van der Waals surface area contributed by atoms with Crippen molar-refractivity contribution in [1.29, 1.82) is 0 Å². The van der Waals surface area contributed by atoms with Crippen molar-refractivity contribution in [2.75, 3.05) is 0 Å². The molecule has 1 aliphatic heterocycles. The summed E-state index contributed by atoms with van der Waals surface area (Å²) in [7, 11) is 0. The minimum Gasteiger partial charge on any atom is -0.699 e. The number of piperidine rings is 1. The van der Waals surface area contributed by atoms with Crippen molar-refractivity contribution < 1.29 is 35.4 Å². The van der Waals surface area contributed by atoms with E-state index in [1.165, 1.54) is 0 Å². The van der Waals surface area contributed by atoms with E-state index < -0.39 is 17.9 Å². The van der Waals surface area contributed by atoms with Crippen LogP contribution >= 0.6 is 0 Å². The molecule has 1 aliphatic carbocycles. The first-order valence-electron chi connectivity index (χ1n) is 7.24. The molecule has 122 valence electrons. The third-order valence-electron chi connectivity index (χ3n) is 3.56. The fraction of sp³-hybridized carbons (Fsp3) is 0.438. The van der Waals surface area contributed by atoms with Crippen molar-refractivity contribution in [2.45, 2.75) is 39.2 Å². The number of imide groups is 1. The molecule has 7 heteroatoms. The van der Waals surface area contributed by atoms with Crippen LogP contribution in [0, 0.1) is 12.0 Å². The first-order valence-corrected chi connectivity index (χ1v) is 7.24. The fourth-order valence-corrected chi connectivity index (χ4v) is 2.22. The monoisotopic (exact) mass is 485 g/mol. The van der Waals surface area contributed by atoms with Gasteiger partial charge in [0.25, 0.3) is 0 Å². The van der Waals surface area contributed by atoms with Gasteiger partial charge >= 0.3 is 21.1 Å². The summed E-state index contributed by atoms with van der Waals surface area (Å²) in [5, 5.41) is 6.10. The number of nitrogens with zero attached hydrogens (tertiary/aromatic N) is 1. The second kappa shape index (κ2) is 8.25. The summed E-state index contributed by atoms with van der Waals surface area (Å²) in [5.74, 6) is -1.17. The zero-order chi connectivity index (χ0) is 16.3. The molecule has 1 fully saturated rings.